The maximum absolute atomic E-state index is 5.01. The van der Waals surface area contributed by atoms with Crippen molar-refractivity contribution in [1.82, 2.24) is 25.5 Å². The molecule has 0 aromatic carbocycles. The normalized spacial score (nSPS) is 23.7. The third-order valence-electron chi connectivity index (χ3n) is 3.60. The Morgan fingerprint density at radius 3 is 3.16 bits per heavy atom. The summed E-state index contributed by atoms with van der Waals surface area (Å²) in [4.78, 5) is 0. The lowest BCUT2D eigenvalue weighted by molar-refractivity contribution is 0.198. The second kappa shape index (κ2) is 7.81. The van der Waals surface area contributed by atoms with E-state index in [0.29, 0.717) is 19.2 Å². The van der Waals surface area contributed by atoms with Crippen LogP contribution in [0.3, 0.4) is 0 Å². The molecule has 1 aromatic heterocycles. The second-order valence-electron chi connectivity index (χ2n) is 4.89. The molecule has 1 saturated carbocycles. The molecule has 0 aliphatic heterocycles. The molecule has 1 aromatic rings. The number of thioether (sulfide) groups is 1. The van der Waals surface area contributed by atoms with Crippen molar-refractivity contribution in [2.24, 2.45) is 0 Å². The molecule has 2 rings (SSSR count). The molecule has 19 heavy (non-hydrogen) atoms. The summed E-state index contributed by atoms with van der Waals surface area (Å²) in [7, 11) is 1.70. The number of aromatic nitrogens is 4. The van der Waals surface area contributed by atoms with E-state index in [0.717, 1.165) is 17.6 Å². The monoisotopic (exact) mass is 285 g/mol. The quantitative estimate of drug-likeness (QED) is 0.761. The van der Waals surface area contributed by atoms with E-state index in [4.69, 9.17) is 4.74 Å². The van der Waals surface area contributed by atoms with Gasteiger partial charge in [-0.2, -0.15) is 11.8 Å². The number of nitrogens with zero attached hydrogens (tertiary/aromatic N) is 4. The number of methoxy groups -OCH3 is 1. The smallest absolute Gasteiger partial charge is 0.165 e. The molecule has 0 bridgehead atoms. The van der Waals surface area contributed by atoms with Crippen LogP contribution in [0.25, 0.3) is 0 Å². The zero-order valence-corrected chi connectivity index (χ0v) is 12.5. The standard InChI is InChI=1S/C12H23N5OS/c1-18-7-6-13-9-12-14-15-16-17(12)10-4-3-5-11(8-10)19-2/h10-11,13H,3-9H2,1-2H3. The molecule has 0 radical (unpaired) electrons. The van der Waals surface area contributed by atoms with Gasteiger partial charge in [-0.15, -0.1) is 5.10 Å². The van der Waals surface area contributed by atoms with Crippen LogP contribution in [-0.2, 0) is 11.3 Å². The van der Waals surface area contributed by atoms with Gasteiger partial charge in [0.1, 0.15) is 0 Å². The number of hydrogen-bond donors (Lipinski definition) is 1. The van der Waals surface area contributed by atoms with Crippen molar-refractivity contribution < 1.29 is 4.74 Å². The minimum atomic E-state index is 0.459. The van der Waals surface area contributed by atoms with Gasteiger partial charge in [-0.1, -0.05) is 6.42 Å². The highest BCUT2D eigenvalue weighted by molar-refractivity contribution is 7.99. The average Bonchev–Trinajstić information content (AvgIpc) is 2.92. The topological polar surface area (TPSA) is 64.9 Å². The van der Waals surface area contributed by atoms with Gasteiger partial charge >= 0.3 is 0 Å². The Bertz CT molecular complexity index is 373. The van der Waals surface area contributed by atoms with E-state index >= 15 is 0 Å². The van der Waals surface area contributed by atoms with Crippen LogP contribution < -0.4 is 5.32 Å². The van der Waals surface area contributed by atoms with Crippen molar-refractivity contribution in [3.05, 3.63) is 5.82 Å². The Kier molecular flexibility index (Phi) is 6.06. The molecule has 1 fully saturated rings. The van der Waals surface area contributed by atoms with Gasteiger partial charge in [0, 0.05) is 18.9 Å². The van der Waals surface area contributed by atoms with Crippen molar-refractivity contribution in [2.75, 3.05) is 26.5 Å². The number of ether oxygens (including phenoxy) is 1. The van der Waals surface area contributed by atoms with Crippen LogP contribution in [0.4, 0.5) is 0 Å². The third-order valence-corrected chi connectivity index (χ3v) is 4.70. The highest BCUT2D eigenvalue weighted by atomic mass is 32.2. The van der Waals surface area contributed by atoms with E-state index < -0.39 is 0 Å². The van der Waals surface area contributed by atoms with Crippen molar-refractivity contribution in [3.63, 3.8) is 0 Å². The van der Waals surface area contributed by atoms with E-state index in [2.05, 4.69) is 27.1 Å². The minimum Gasteiger partial charge on any atom is -0.383 e. The summed E-state index contributed by atoms with van der Waals surface area (Å²) in [5.41, 5.74) is 0. The largest absolute Gasteiger partial charge is 0.383 e. The first-order valence-corrected chi connectivity index (χ1v) is 8.13. The van der Waals surface area contributed by atoms with Crippen LogP contribution >= 0.6 is 11.8 Å². The molecule has 1 aliphatic rings. The van der Waals surface area contributed by atoms with Gasteiger partial charge in [-0.3, -0.25) is 0 Å². The Morgan fingerprint density at radius 1 is 1.47 bits per heavy atom. The van der Waals surface area contributed by atoms with Gasteiger partial charge < -0.3 is 10.1 Å². The third kappa shape index (κ3) is 4.15. The molecule has 2 unspecified atom stereocenters. The van der Waals surface area contributed by atoms with Crippen molar-refractivity contribution in [3.8, 4) is 0 Å². The summed E-state index contributed by atoms with van der Waals surface area (Å²) >= 11 is 1.96. The maximum Gasteiger partial charge on any atom is 0.165 e. The fraction of sp³-hybridized carbons (Fsp3) is 0.917. The summed E-state index contributed by atoms with van der Waals surface area (Å²) in [6.07, 6.45) is 7.15. The fourth-order valence-corrected chi connectivity index (χ4v) is 3.36. The predicted molar refractivity (Wildman–Crippen MR) is 76.2 cm³/mol. The molecule has 0 saturated heterocycles. The van der Waals surface area contributed by atoms with Crippen molar-refractivity contribution >= 4 is 11.8 Å². The zero-order chi connectivity index (χ0) is 13.5. The predicted octanol–water partition coefficient (Wildman–Crippen LogP) is 1.26. The molecule has 0 amide bonds. The van der Waals surface area contributed by atoms with Crippen LogP contribution in [0.15, 0.2) is 0 Å². The Hall–Kier alpha value is -0.660. The van der Waals surface area contributed by atoms with Gasteiger partial charge in [-0.05, 0) is 35.9 Å². The average molecular weight is 285 g/mol. The van der Waals surface area contributed by atoms with E-state index in [-0.39, 0.29) is 0 Å². The van der Waals surface area contributed by atoms with Crippen LogP contribution in [-0.4, -0.2) is 52.0 Å². The summed E-state index contributed by atoms with van der Waals surface area (Å²) in [6, 6.07) is 0.459. The summed E-state index contributed by atoms with van der Waals surface area (Å²) < 4.78 is 7.03. The molecular weight excluding hydrogens is 262 g/mol. The van der Waals surface area contributed by atoms with Crippen LogP contribution in [0.1, 0.15) is 37.5 Å². The van der Waals surface area contributed by atoms with Gasteiger partial charge in [0.15, 0.2) is 5.82 Å². The van der Waals surface area contributed by atoms with E-state index in [1.165, 1.54) is 25.7 Å². The van der Waals surface area contributed by atoms with Gasteiger partial charge in [0.25, 0.3) is 0 Å². The molecule has 0 spiro atoms. The van der Waals surface area contributed by atoms with E-state index in [1.807, 2.05) is 16.4 Å². The molecular formula is C12H23N5OS. The first kappa shape index (κ1) is 14.7. The van der Waals surface area contributed by atoms with Crippen molar-refractivity contribution in [1.29, 1.82) is 0 Å². The fourth-order valence-electron chi connectivity index (χ4n) is 2.54. The summed E-state index contributed by atoms with van der Waals surface area (Å²) in [6.45, 7) is 2.23. The Balaban J connectivity index is 1.90. The van der Waals surface area contributed by atoms with E-state index in [1.54, 1.807) is 7.11 Å². The number of tetrazole rings is 1. The number of rotatable bonds is 7. The number of hydrogen-bond acceptors (Lipinski definition) is 6. The van der Waals surface area contributed by atoms with E-state index in [9.17, 15) is 0 Å². The summed E-state index contributed by atoms with van der Waals surface area (Å²) in [5, 5.41) is 16.2. The van der Waals surface area contributed by atoms with Gasteiger partial charge in [0.05, 0.1) is 19.2 Å². The summed E-state index contributed by atoms with van der Waals surface area (Å²) in [5.74, 6) is 0.933. The Labute approximate surface area is 118 Å². The molecule has 2 atom stereocenters. The lowest BCUT2D eigenvalue weighted by Gasteiger charge is -2.28. The highest BCUT2D eigenvalue weighted by Gasteiger charge is 2.25. The van der Waals surface area contributed by atoms with Crippen molar-refractivity contribution in [2.45, 2.75) is 43.5 Å². The molecule has 1 heterocycles. The second-order valence-corrected chi connectivity index (χ2v) is 6.03. The van der Waals surface area contributed by atoms with Crippen LogP contribution in [0.2, 0.25) is 0 Å². The molecule has 108 valence electrons. The molecule has 7 heteroatoms. The highest BCUT2D eigenvalue weighted by Crippen LogP contribution is 2.33. The maximum atomic E-state index is 5.01. The first-order chi connectivity index (χ1) is 9.35. The lowest BCUT2D eigenvalue weighted by atomic mass is 9.95. The van der Waals surface area contributed by atoms with Crippen LogP contribution in [0, 0.1) is 0 Å². The van der Waals surface area contributed by atoms with Gasteiger partial charge in [0.2, 0.25) is 0 Å². The molecule has 1 aliphatic carbocycles. The first-order valence-electron chi connectivity index (χ1n) is 6.84. The van der Waals surface area contributed by atoms with Gasteiger partial charge in [-0.25, -0.2) is 4.68 Å². The SMILES string of the molecule is COCCNCc1nnnn1C1CCCC(SC)C1. The Morgan fingerprint density at radius 2 is 2.37 bits per heavy atom. The number of nitrogens with one attached hydrogen (secondary N) is 1. The van der Waals surface area contributed by atoms with Crippen LogP contribution in [0.5, 0.6) is 0 Å². The zero-order valence-electron chi connectivity index (χ0n) is 11.7. The minimum absolute atomic E-state index is 0.459. The molecule has 1 N–H and O–H groups in total. The lowest BCUT2D eigenvalue weighted by Crippen LogP contribution is -2.26. The molecule has 6 nitrogen and oxygen atoms in total.